The van der Waals surface area contributed by atoms with Crippen molar-refractivity contribution >= 4 is 0 Å². The summed E-state index contributed by atoms with van der Waals surface area (Å²) in [5.41, 5.74) is 4.48. The van der Waals surface area contributed by atoms with Gasteiger partial charge in [0.25, 0.3) is 0 Å². The summed E-state index contributed by atoms with van der Waals surface area (Å²) < 4.78 is 0. The number of hydrogen-bond acceptors (Lipinski definition) is 2. The lowest BCUT2D eigenvalue weighted by Crippen LogP contribution is -2.36. The zero-order chi connectivity index (χ0) is 15.2. The van der Waals surface area contributed by atoms with Crippen LogP contribution in [0.5, 0.6) is 0 Å². The molecule has 0 amide bonds. The predicted octanol–water partition coefficient (Wildman–Crippen LogP) is 4.08. The number of benzene rings is 1. The van der Waals surface area contributed by atoms with E-state index < -0.39 is 0 Å². The van der Waals surface area contributed by atoms with Gasteiger partial charge in [-0.05, 0) is 82.4 Å². The van der Waals surface area contributed by atoms with Gasteiger partial charge in [0.2, 0.25) is 0 Å². The molecule has 1 heterocycles. The highest BCUT2D eigenvalue weighted by atomic mass is 15.1. The topological polar surface area (TPSA) is 15.3 Å². The van der Waals surface area contributed by atoms with Crippen LogP contribution in [0.4, 0.5) is 0 Å². The summed E-state index contributed by atoms with van der Waals surface area (Å²) in [6.07, 6.45) is 5.27. The van der Waals surface area contributed by atoms with E-state index in [4.69, 9.17) is 0 Å². The molecule has 118 valence electrons. The lowest BCUT2D eigenvalue weighted by molar-refractivity contribution is 0.188. The maximum absolute atomic E-state index is 3.67. The minimum Gasteiger partial charge on any atom is -0.316 e. The summed E-state index contributed by atoms with van der Waals surface area (Å²) in [6.45, 7) is 10.3. The van der Waals surface area contributed by atoms with Crippen molar-refractivity contribution in [1.82, 2.24) is 10.2 Å². The minimum absolute atomic E-state index is 0.568. The van der Waals surface area contributed by atoms with E-state index in [9.17, 15) is 0 Å². The fourth-order valence-electron chi connectivity index (χ4n) is 3.85. The summed E-state index contributed by atoms with van der Waals surface area (Å²) >= 11 is 0. The minimum atomic E-state index is 0.568. The van der Waals surface area contributed by atoms with Crippen molar-refractivity contribution < 1.29 is 0 Å². The summed E-state index contributed by atoms with van der Waals surface area (Å²) in [4.78, 5) is 2.60. The first-order valence-corrected chi connectivity index (χ1v) is 8.62. The van der Waals surface area contributed by atoms with Gasteiger partial charge in [0.15, 0.2) is 0 Å². The van der Waals surface area contributed by atoms with Crippen molar-refractivity contribution in [3.8, 4) is 0 Å². The van der Waals surface area contributed by atoms with Crippen molar-refractivity contribution in [3.05, 3.63) is 34.9 Å². The Morgan fingerprint density at radius 3 is 2.57 bits per heavy atom. The Bertz CT molecular complexity index is 421. The third-order valence-electron chi connectivity index (χ3n) is 4.93. The molecular formula is C19H32N2. The molecule has 2 heteroatoms. The fraction of sp³-hybridized carbons (Fsp3) is 0.684. The number of likely N-dealkylation sites (tertiary alicyclic amines) is 1. The van der Waals surface area contributed by atoms with E-state index in [1.165, 1.54) is 43.4 Å². The lowest BCUT2D eigenvalue weighted by Gasteiger charge is -2.35. The first-order valence-electron chi connectivity index (χ1n) is 8.62. The standard InChI is InChI=1S/C19H32N2/c1-5-12-20-14-17-11-6-7-13-21(4)19(17)18-15(2)9-8-10-16(18)3/h8-10,17,19-20H,5-7,11-14H2,1-4H3. The van der Waals surface area contributed by atoms with Gasteiger partial charge in [0.1, 0.15) is 0 Å². The van der Waals surface area contributed by atoms with Crippen LogP contribution >= 0.6 is 0 Å². The molecule has 1 N–H and O–H groups in total. The van der Waals surface area contributed by atoms with Crippen molar-refractivity contribution in [2.75, 3.05) is 26.7 Å². The summed E-state index contributed by atoms with van der Waals surface area (Å²) in [6, 6.07) is 7.31. The first kappa shape index (κ1) is 16.5. The summed E-state index contributed by atoms with van der Waals surface area (Å²) in [5.74, 6) is 0.726. The predicted molar refractivity (Wildman–Crippen MR) is 91.8 cm³/mol. The molecule has 2 rings (SSSR count). The summed E-state index contributed by atoms with van der Waals surface area (Å²) in [5, 5.41) is 3.67. The molecular weight excluding hydrogens is 256 g/mol. The van der Waals surface area contributed by atoms with Crippen LogP contribution in [0.1, 0.15) is 55.3 Å². The van der Waals surface area contributed by atoms with Gasteiger partial charge in [-0.1, -0.05) is 31.5 Å². The molecule has 1 aliphatic heterocycles. The number of hydrogen-bond donors (Lipinski definition) is 1. The SMILES string of the molecule is CCCNCC1CCCCN(C)C1c1c(C)cccc1C. The quantitative estimate of drug-likeness (QED) is 0.821. The van der Waals surface area contributed by atoms with Gasteiger partial charge in [-0.3, -0.25) is 4.90 Å². The molecule has 1 aliphatic rings. The van der Waals surface area contributed by atoms with Crippen LogP contribution in [-0.4, -0.2) is 31.6 Å². The van der Waals surface area contributed by atoms with Crippen molar-refractivity contribution in [1.29, 1.82) is 0 Å². The monoisotopic (exact) mass is 288 g/mol. The van der Waals surface area contributed by atoms with Crippen LogP contribution < -0.4 is 5.32 Å². The normalized spacial score (nSPS) is 24.0. The largest absolute Gasteiger partial charge is 0.316 e. The number of nitrogens with zero attached hydrogens (tertiary/aromatic N) is 1. The average molecular weight is 288 g/mol. The Morgan fingerprint density at radius 1 is 1.19 bits per heavy atom. The zero-order valence-corrected chi connectivity index (χ0v) is 14.3. The second-order valence-corrected chi connectivity index (χ2v) is 6.69. The molecule has 2 unspecified atom stereocenters. The second kappa shape index (κ2) is 7.95. The van der Waals surface area contributed by atoms with Gasteiger partial charge in [-0.25, -0.2) is 0 Å². The van der Waals surface area contributed by atoms with Crippen LogP contribution in [0.25, 0.3) is 0 Å². The molecule has 2 nitrogen and oxygen atoms in total. The maximum Gasteiger partial charge on any atom is 0.0390 e. The molecule has 1 fully saturated rings. The molecule has 0 bridgehead atoms. The molecule has 0 spiro atoms. The Kier molecular flexibility index (Phi) is 6.25. The highest BCUT2D eigenvalue weighted by molar-refractivity contribution is 5.36. The van der Waals surface area contributed by atoms with Gasteiger partial charge < -0.3 is 5.32 Å². The van der Waals surface area contributed by atoms with Crippen molar-refractivity contribution in [2.45, 2.75) is 52.5 Å². The van der Waals surface area contributed by atoms with Crippen LogP contribution in [0.15, 0.2) is 18.2 Å². The second-order valence-electron chi connectivity index (χ2n) is 6.69. The molecule has 1 saturated heterocycles. The number of nitrogens with one attached hydrogen (secondary N) is 1. The average Bonchev–Trinajstić information content (AvgIpc) is 2.62. The van der Waals surface area contributed by atoms with Crippen molar-refractivity contribution in [2.24, 2.45) is 5.92 Å². The molecule has 0 saturated carbocycles. The zero-order valence-electron chi connectivity index (χ0n) is 14.3. The third kappa shape index (κ3) is 4.08. The van der Waals surface area contributed by atoms with E-state index in [0.29, 0.717) is 6.04 Å². The van der Waals surface area contributed by atoms with E-state index in [0.717, 1.165) is 19.0 Å². The highest BCUT2D eigenvalue weighted by Gasteiger charge is 2.30. The van der Waals surface area contributed by atoms with Crippen LogP contribution in [-0.2, 0) is 0 Å². The molecule has 1 aromatic rings. The van der Waals surface area contributed by atoms with Gasteiger partial charge in [-0.2, -0.15) is 0 Å². The van der Waals surface area contributed by atoms with E-state index >= 15 is 0 Å². The van der Waals surface area contributed by atoms with Gasteiger partial charge in [0, 0.05) is 6.04 Å². The highest BCUT2D eigenvalue weighted by Crippen LogP contribution is 2.37. The third-order valence-corrected chi connectivity index (χ3v) is 4.93. The van der Waals surface area contributed by atoms with Crippen LogP contribution in [0.3, 0.4) is 0 Å². The van der Waals surface area contributed by atoms with E-state index in [1.807, 2.05) is 0 Å². The fourth-order valence-corrected chi connectivity index (χ4v) is 3.85. The van der Waals surface area contributed by atoms with E-state index in [1.54, 1.807) is 5.56 Å². The molecule has 21 heavy (non-hydrogen) atoms. The van der Waals surface area contributed by atoms with E-state index in [2.05, 4.69) is 56.2 Å². The molecule has 0 aromatic heterocycles. The van der Waals surface area contributed by atoms with Crippen LogP contribution in [0, 0.1) is 19.8 Å². The Morgan fingerprint density at radius 2 is 1.90 bits per heavy atom. The lowest BCUT2D eigenvalue weighted by atomic mass is 9.85. The smallest absolute Gasteiger partial charge is 0.0390 e. The number of rotatable bonds is 5. The Balaban J connectivity index is 2.28. The van der Waals surface area contributed by atoms with E-state index in [-0.39, 0.29) is 0 Å². The molecule has 0 radical (unpaired) electrons. The van der Waals surface area contributed by atoms with Gasteiger partial charge in [0.05, 0.1) is 0 Å². The summed E-state index contributed by atoms with van der Waals surface area (Å²) in [7, 11) is 2.31. The Labute approximate surface area is 130 Å². The molecule has 2 atom stereocenters. The maximum atomic E-state index is 3.67. The first-order chi connectivity index (χ1) is 10.1. The van der Waals surface area contributed by atoms with Gasteiger partial charge in [-0.15, -0.1) is 0 Å². The number of aryl methyl sites for hydroxylation is 2. The van der Waals surface area contributed by atoms with Crippen LogP contribution in [0.2, 0.25) is 0 Å². The molecule has 0 aliphatic carbocycles. The van der Waals surface area contributed by atoms with Gasteiger partial charge >= 0.3 is 0 Å². The Hall–Kier alpha value is -0.860. The van der Waals surface area contributed by atoms with Crippen molar-refractivity contribution in [3.63, 3.8) is 0 Å². The molecule has 1 aromatic carbocycles.